The molecule has 0 amide bonds. The van der Waals surface area contributed by atoms with Gasteiger partial charge in [0, 0.05) is 16.0 Å². The molecule has 0 aliphatic carbocycles. The molecule has 24 heavy (non-hydrogen) atoms. The van der Waals surface area contributed by atoms with Gasteiger partial charge in [-0.25, -0.2) is 4.98 Å². The molecule has 0 N–H and O–H groups in total. The first-order valence-electron chi connectivity index (χ1n) is 7.49. The molecule has 0 radical (unpaired) electrons. The van der Waals surface area contributed by atoms with E-state index in [1.807, 2.05) is 60.0 Å². The predicted molar refractivity (Wildman–Crippen MR) is 99.9 cm³/mol. The third-order valence-electron chi connectivity index (χ3n) is 3.89. The van der Waals surface area contributed by atoms with E-state index < -0.39 is 0 Å². The van der Waals surface area contributed by atoms with Crippen LogP contribution in [-0.4, -0.2) is 9.55 Å². The fourth-order valence-corrected chi connectivity index (χ4v) is 3.86. The Morgan fingerprint density at radius 3 is 2.71 bits per heavy atom. The van der Waals surface area contributed by atoms with Crippen LogP contribution in [0, 0.1) is 0 Å². The van der Waals surface area contributed by atoms with E-state index in [2.05, 4.69) is 4.98 Å². The molecule has 0 fully saturated rings. The van der Waals surface area contributed by atoms with Crippen LogP contribution in [0.5, 0.6) is 0 Å². The van der Waals surface area contributed by atoms with Crippen LogP contribution in [0.2, 0.25) is 5.02 Å². The number of nitrogens with zero attached hydrogens (tertiary/aromatic N) is 2. The summed E-state index contributed by atoms with van der Waals surface area (Å²) < 4.78 is 1.63. The summed E-state index contributed by atoms with van der Waals surface area (Å²) in [6.45, 7) is 0.451. The number of benzene rings is 2. The molecule has 3 nitrogen and oxygen atoms in total. The summed E-state index contributed by atoms with van der Waals surface area (Å²) in [6.07, 6.45) is 1.61. The van der Waals surface area contributed by atoms with Crippen LogP contribution in [0.15, 0.2) is 71.1 Å². The first kappa shape index (κ1) is 15.1. The van der Waals surface area contributed by atoms with E-state index in [0.717, 1.165) is 21.5 Å². The van der Waals surface area contributed by atoms with Gasteiger partial charge in [-0.2, -0.15) is 0 Å². The third-order valence-corrected chi connectivity index (χ3v) is 5.01. The Morgan fingerprint density at radius 2 is 1.92 bits per heavy atom. The highest BCUT2D eigenvalue weighted by Gasteiger charge is 2.13. The van der Waals surface area contributed by atoms with Crippen molar-refractivity contribution in [3.63, 3.8) is 0 Å². The molecule has 0 aliphatic rings. The summed E-state index contributed by atoms with van der Waals surface area (Å²) in [5, 5.41) is 3.34. The van der Waals surface area contributed by atoms with Crippen molar-refractivity contribution in [2.45, 2.75) is 6.54 Å². The molecule has 0 atom stereocenters. The van der Waals surface area contributed by atoms with Crippen molar-refractivity contribution in [2.75, 3.05) is 0 Å². The minimum absolute atomic E-state index is 0.0277. The van der Waals surface area contributed by atoms with Crippen molar-refractivity contribution in [3.8, 4) is 11.1 Å². The highest BCUT2D eigenvalue weighted by Crippen LogP contribution is 2.30. The third kappa shape index (κ3) is 2.75. The van der Waals surface area contributed by atoms with E-state index >= 15 is 0 Å². The summed E-state index contributed by atoms with van der Waals surface area (Å²) in [4.78, 5) is 18.2. The van der Waals surface area contributed by atoms with Crippen molar-refractivity contribution in [3.05, 3.63) is 87.2 Å². The first-order valence-corrected chi connectivity index (χ1v) is 8.74. The Kier molecular flexibility index (Phi) is 3.92. The van der Waals surface area contributed by atoms with E-state index in [1.54, 1.807) is 10.9 Å². The summed E-state index contributed by atoms with van der Waals surface area (Å²) in [5.74, 6) is 0. The molecule has 0 unspecified atom stereocenters. The molecule has 0 saturated heterocycles. The molecule has 5 heteroatoms. The summed E-state index contributed by atoms with van der Waals surface area (Å²) >= 11 is 7.53. The second kappa shape index (κ2) is 6.23. The molecule has 0 spiro atoms. The molecule has 2 aromatic heterocycles. The summed E-state index contributed by atoms with van der Waals surface area (Å²) in [5.41, 5.74) is 2.92. The van der Waals surface area contributed by atoms with Crippen molar-refractivity contribution in [1.29, 1.82) is 0 Å². The highest BCUT2D eigenvalue weighted by molar-refractivity contribution is 7.17. The van der Waals surface area contributed by atoms with Crippen LogP contribution in [0.4, 0.5) is 0 Å². The van der Waals surface area contributed by atoms with Gasteiger partial charge in [-0.3, -0.25) is 9.36 Å². The molecule has 0 saturated carbocycles. The summed E-state index contributed by atoms with van der Waals surface area (Å²) in [7, 11) is 0. The van der Waals surface area contributed by atoms with Gasteiger partial charge in [-0.05, 0) is 23.3 Å². The minimum Gasteiger partial charge on any atom is -0.294 e. The molecule has 4 aromatic rings. The Morgan fingerprint density at radius 1 is 1.08 bits per heavy atom. The van der Waals surface area contributed by atoms with Gasteiger partial charge in [0.15, 0.2) is 0 Å². The topological polar surface area (TPSA) is 34.9 Å². The van der Waals surface area contributed by atoms with Gasteiger partial charge < -0.3 is 0 Å². The molecular formula is C19H13ClN2OS. The van der Waals surface area contributed by atoms with E-state index in [4.69, 9.17) is 11.6 Å². The Balaban J connectivity index is 1.84. The lowest BCUT2D eigenvalue weighted by Gasteiger charge is -2.07. The Labute approximate surface area is 147 Å². The van der Waals surface area contributed by atoms with Crippen molar-refractivity contribution in [1.82, 2.24) is 9.55 Å². The SMILES string of the molecule is O=c1c2c(-c3ccccc3)csc2ncn1Cc1cccc(Cl)c1. The van der Waals surface area contributed by atoms with Gasteiger partial charge in [0.25, 0.3) is 5.56 Å². The first-order chi connectivity index (χ1) is 11.7. The van der Waals surface area contributed by atoms with Crippen molar-refractivity contribution in [2.24, 2.45) is 0 Å². The average molecular weight is 353 g/mol. The lowest BCUT2D eigenvalue weighted by Crippen LogP contribution is -2.20. The second-order valence-corrected chi connectivity index (χ2v) is 6.80. The Hall–Kier alpha value is -2.43. The van der Waals surface area contributed by atoms with Crippen LogP contribution in [0.3, 0.4) is 0 Å². The molecule has 2 heterocycles. The quantitative estimate of drug-likeness (QED) is 0.529. The number of halogens is 1. The number of hydrogen-bond donors (Lipinski definition) is 0. The number of hydrogen-bond acceptors (Lipinski definition) is 3. The molecule has 0 bridgehead atoms. The van der Waals surface area contributed by atoms with Gasteiger partial charge in [0.2, 0.25) is 0 Å². The average Bonchev–Trinajstić information content (AvgIpc) is 3.03. The second-order valence-electron chi connectivity index (χ2n) is 5.50. The molecule has 118 valence electrons. The van der Waals surface area contributed by atoms with Crippen LogP contribution >= 0.6 is 22.9 Å². The smallest absolute Gasteiger partial charge is 0.263 e. The largest absolute Gasteiger partial charge is 0.294 e. The van der Waals surface area contributed by atoms with Crippen LogP contribution < -0.4 is 5.56 Å². The highest BCUT2D eigenvalue weighted by atomic mass is 35.5. The van der Waals surface area contributed by atoms with Gasteiger partial charge in [0.1, 0.15) is 4.83 Å². The fourth-order valence-electron chi connectivity index (χ4n) is 2.74. The fraction of sp³-hybridized carbons (Fsp3) is 0.0526. The molecule has 2 aromatic carbocycles. The number of thiophene rings is 1. The maximum absolute atomic E-state index is 13.0. The lowest BCUT2D eigenvalue weighted by molar-refractivity contribution is 0.749. The van der Waals surface area contributed by atoms with E-state index in [0.29, 0.717) is 17.0 Å². The van der Waals surface area contributed by atoms with Crippen LogP contribution in [0.25, 0.3) is 21.3 Å². The molecule has 0 aliphatic heterocycles. The van der Waals surface area contributed by atoms with Crippen molar-refractivity contribution < 1.29 is 0 Å². The standard InChI is InChI=1S/C19H13ClN2OS/c20-15-8-4-5-13(9-15)10-22-12-21-18-17(19(22)23)16(11-24-18)14-6-2-1-3-7-14/h1-9,11-12H,10H2. The zero-order chi connectivity index (χ0) is 16.5. The Bertz CT molecular complexity index is 1070. The van der Waals surface area contributed by atoms with E-state index in [-0.39, 0.29) is 5.56 Å². The monoisotopic (exact) mass is 352 g/mol. The van der Waals surface area contributed by atoms with Gasteiger partial charge in [0.05, 0.1) is 18.3 Å². The predicted octanol–water partition coefficient (Wildman–Crippen LogP) is 4.83. The maximum atomic E-state index is 13.0. The lowest BCUT2D eigenvalue weighted by atomic mass is 10.1. The van der Waals surface area contributed by atoms with Crippen LogP contribution in [-0.2, 0) is 6.54 Å². The van der Waals surface area contributed by atoms with E-state index in [9.17, 15) is 4.79 Å². The zero-order valence-electron chi connectivity index (χ0n) is 12.6. The number of rotatable bonds is 3. The maximum Gasteiger partial charge on any atom is 0.263 e. The van der Waals surface area contributed by atoms with Gasteiger partial charge in [-0.15, -0.1) is 11.3 Å². The van der Waals surface area contributed by atoms with Crippen LogP contribution in [0.1, 0.15) is 5.56 Å². The van der Waals surface area contributed by atoms with Gasteiger partial charge >= 0.3 is 0 Å². The number of fused-ring (bicyclic) bond motifs is 1. The summed E-state index contributed by atoms with van der Waals surface area (Å²) in [6, 6.07) is 17.5. The normalized spacial score (nSPS) is 11.0. The zero-order valence-corrected chi connectivity index (χ0v) is 14.2. The molecular weight excluding hydrogens is 340 g/mol. The number of aromatic nitrogens is 2. The van der Waals surface area contributed by atoms with E-state index in [1.165, 1.54) is 11.3 Å². The molecule has 4 rings (SSSR count). The minimum atomic E-state index is -0.0277. The van der Waals surface area contributed by atoms with Crippen molar-refractivity contribution >= 4 is 33.2 Å². The van der Waals surface area contributed by atoms with Gasteiger partial charge in [-0.1, -0.05) is 54.1 Å².